The molecule has 1 aromatic carbocycles. The minimum absolute atomic E-state index is 0.0376. The highest BCUT2D eigenvalue weighted by atomic mass is 35.6. The lowest BCUT2D eigenvalue weighted by Gasteiger charge is -2.19. The Hall–Kier alpha value is -0.210. The first-order chi connectivity index (χ1) is 9.62. The van der Waals surface area contributed by atoms with Crippen LogP contribution in [0.25, 0.3) is 5.03 Å². The molecule has 1 aliphatic rings. The van der Waals surface area contributed by atoms with E-state index in [1.807, 2.05) is 44.2 Å². The summed E-state index contributed by atoms with van der Waals surface area (Å²) in [6, 6.07) is 9.41. The SMILES string of the molecule is CC1(C)C[C@@H](CC(Cl)(Cl)Cl)/C(=C(\Cl)c2ccccc2)C1=O. The van der Waals surface area contributed by atoms with Crippen molar-refractivity contribution in [3.05, 3.63) is 41.5 Å². The van der Waals surface area contributed by atoms with Gasteiger partial charge in [-0.25, -0.2) is 0 Å². The fourth-order valence-electron chi connectivity index (χ4n) is 2.83. The number of halogens is 4. The van der Waals surface area contributed by atoms with E-state index in [0.29, 0.717) is 17.0 Å². The first kappa shape index (κ1) is 17.1. The second-order valence-electron chi connectivity index (χ2n) is 6.03. The van der Waals surface area contributed by atoms with Crippen molar-refractivity contribution >= 4 is 57.2 Å². The molecule has 0 spiro atoms. The number of hydrogen-bond acceptors (Lipinski definition) is 1. The lowest BCUT2D eigenvalue weighted by Crippen LogP contribution is -2.17. The van der Waals surface area contributed by atoms with Crippen LogP contribution in [0.1, 0.15) is 32.3 Å². The van der Waals surface area contributed by atoms with Crippen molar-refractivity contribution in [2.45, 2.75) is 30.5 Å². The Morgan fingerprint density at radius 1 is 1.24 bits per heavy atom. The second kappa shape index (κ2) is 6.12. The van der Waals surface area contributed by atoms with Crippen LogP contribution in [0.3, 0.4) is 0 Å². The fourth-order valence-corrected chi connectivity index (χ4v) is 3.76. The van der Waals surface area contributed by atoms with Gasteiger partial charge in [0, 0.05) is 17.4 Å². The Labute approximate surface area is 145 Å². The van der Waals surface area contributed by atoms with E-state index in [9.17, 15) is 4.79 Å². The quantitative estimate of drug-likeness (QED) is 0.463. The van der Waals surface area contributed by atoms with Gasteiger partial charge >= 0.3 is 0 Å². The summed E-state index contributed by atoms with van der Waals surface area (Å²) in [4.78, 5) is 12.7. The van der Waals surface area contributed by atoms with Gasteiger partial charge in [0.1, 0.15) is 0 Å². The molecule has 5 heteroatoms. The largest absolute Gasteiger partial charge is 0.294 e. The number of carbonyl (C=O) groups excluding carboxylic acids is 1. The van der Waals surface area contributed by atoms with E-state index in [0.717, 1.165) is 5.56 Å². The first-order valence-electron chi connectivity index (χ1n) is 6.68. The number of carbonyl (C=O) groups is 1. The van der Waals surface area contributed by atoms with Crippen molar-refractivity contribution in [1.29, 1.82) is 0 Å². The van der Waals surface area contributed by atoms with E-state index < -0.39 is 9.21 Å². The van der Waals surface area contributed by atoms with Crippen LogP contribution < -0.4 is 0 Å². The molecule has 1 nitrogen and oxygen atoms in total. The third-order valence-corrected chi connectivity index (χ3v) is 4.65. The predicted molar refractivity (Wildman–Crippen MR) is 91.0 cm³/mol. The summed E-state index contributed by atoms with van der Waals surface area (Å²) in [5, 5.41) is 0.463. The highest BCUT2D eigenvalue weighted by Gasteiger charge is 2.46. The Morgan fingerprint density at radius 3 is 2.33 bits per heavy atom. The summed E-state index contributed by atoms with van der Waals surface area (Å²) in [6.45, 7) is 3.81. The van der Waals surface area contributed by atoms with Crippen molar-refractivity contribution in [2.24, 2.45) is 11.3 Å². The Morgan fingerprint density at radius 2 is 1.81 bits per heavy atom. The summed E-state index contributed by atoms with van der Waals surface area (Å²) in [6.07, 6.45) is 0.920. The molecule has 21 heavy (non-hydrogen) atoms. The van der Waals surface area contributed by atoms with Crippen molar-refractivity contribution < 1.29 is 4.79 Å². The summed E-state index contributed by atoms with van der Waals surface area (Å²) < 4.78 is -1.40. The van der Waals surface area contributed by atoms with Crippen molar-refractivity contribution in [3.8, 4) is 0 Å². The zero-order chi connectivity index (χ0) is 15.8. The van der Waals surface area contributed by atoms with Crippen LogP contribution >= 0.6 is 46.4 Å². The van der Waals surface area contributed by atoms with Crippen molar-refractivity contribution in [2.75, 3.05) is 0 Å². The van der Waals surface area contributed by atoms with Gasteiger partial charge in [0.2, 0.25) is 0 Å². The number of Topliss-reactive ketones (excluding diaryl/α,β-unsaturated/α-hetero) is 1. The van der Waals surface area contributed by atoms with E-state index in [1.165, 1.54) is 0 Å². The molecule has 1 aliphatic carbocycles. The summed E-state index contributed by atoms with van der Waals surface area (Å²) in [5.41, 5.74) is 0.916. The van der Waals surface area contributed by atoms with Crippen LogP contribution in [0, 0.1) is 11.3 Å². The maximum absolute atomic E-state index is 12.7. The molecule has 0 aromatic heterocycles. The predicted octanol–water partition coefficient (Wildman–Crippen LogP) is 6.01. The van der Waals surface area contributed by atoms with E-state index >= 15 is 0 Å². The fraction of sp³-hybridized carbons (Fsp3) is 0.438. The van der Waals surface area contributed by atoms with Gasteiger partial charge in [-0.05, 0) is 17.9 Å². The zero-order valence-corrected chi connectivity index (χ0v) is 14.8. The van der Waals surface area contributed by atoms with Gasteiger partial charge < -0.3 is 0 Å². The van der Waals surface area contributed by atoms with E-state index in [1.54, 1.807) is 0 Å². The molecule has 0 amide bonds. The molecule has 0 N–H and O–H groups in total. The van der Waals surface area contributed by atoms with Gasteiger partial charge in [-0.1, -0.05) is 90.6 Å². The first-order valence-corrected chi connectivity index (χ1v) is 8.19. The Bertz CT molecular complexity index is 570. The molecule has 0 bridgehead atoms. The number of ketones is 1. The van der Waals surface area contributed by atoms with Gasteiger partial charge in [0.25, 0.3) is 0 Å². The molecule has 1 aromatic rings. The maximum atomic E-state index is 12.7. The van der Waals surface area contributed by atoms with Crippen LogP contribution in [0.2, 0.25) is 0 Å². The molecule has 114 valence electrons. The average molecular weight is 366 g/mol. The van der Waals surface area contributed by atoms with Crippen LogP contribution in [-0.4, -0.2) is 9.58 Å². The molecular weight excluding hydrogens is 350 g/mol. The minimum atomic E-state index is -1.40. The molecule has 0 saturated heterocycles. The molecule has 1 fully saturated rings. The average Bonchev–Trinajstić information content (AvgIpc) is 2.58. The normalized spacial score (nSPS) is 24.3. The lowest BCUT2D eigenvalue weighted by atomic mass is 9.89. The zero-order valence-electron chi connectivity index (χ0n) is 11.8. The van der Waals surface area contributed by atoms with E-state index in [4.69, 9.17) is 46.4 Å². The highest BCUT2D eigenvalue weighted by Crippen LogP contribution is 2.50. The van der Waals surface area contributed by atoms with Crippen LogP contribution in [0.4, 0.5) is 0 Å². The van der Waals surface area contributed by atoms with Gasteiger partial charge in [-0.15, -0.1) is 0 Å². The third-order valence-electron chi connectivity index (χ3n) is 3.77. The molecule has 0 unspecified atom stereocenters. The van der Waals surface area contributed by atoms with E-state index in [-0.39, 0.29) is 18.1 Å². The second-order valence-corrected chi connectivity index (χ2v) is 8.92. The number of benzene rings is 1. The monoisotopic (exact) mass is 364 g/mol. The van der Waals surface area contributed by atoms with Crippen LogP contribution in [0.5, 0.6) is 0 Å². The Kier molecular flexibility index (Phi) is 5.00. The van der Waals surface area contributed by atoms with Gasteiger partial charge in [-0.2, -0.15) is 0 Å². The molecule has 0 heterocycles. The van der Waals surface area contributed by atoms with E-state index in [2.05, 4.69) is 0 Å². The molecular formula is C16H16Cl4O. The number of rotatable bonds is 2. The smallest absolute Gasteiger partial charge is 0.191 e. The van der Waals surface area contributed by atoms with Crippen LogP contribution in [-0.2, 0) is 4.79 Å². The Balaban J connectivity index is 2.48. The minimum Gasteiger partial charge on any atom is -0.294 e. The maximum Gasteiger partial charge on any atom is 0.191 e. The topological polar surface area (TPSA) is 17.1 Å². The lowest BCUT2D eigenvalue weighted by molar-refractivity contribution is -0.121. The van der Waals surface area contributed by atoms with Crippen molar-refractivity contribution in [1.82, 2.24) is 0 Å². The van der Waals surface area contributed by atoms with Gasteiger partial charge in [0.15, 0.2) is 9.58 Å². The number of hydrogen-bond donors (Lipinski definition) is 0. The molecule has 0 aliphatic heterocycles. The summed E-state index contributed by atoms with van der Waals surface area (Å²) in [5.74, 6) is -0.108. The number of alkyl halides is 3. The molecule has 1 saturated carbocycles. The summed E-state index contributed by atoms with van der Waals surface area (Å²) in [7, 11) is 0. The molecule has 1 atom stereocenters. The van der Waals surface area contributed by atoms with Crippen molar-refractivity contribution in [3.63, 3.8) is 0 Å². The third kappa shape index (κ3) is 3.96. The summed E-state index contributed by atoms with van der Waals surface area (Å²) >= 11 is 24.3. The van der Waals surface area contributed by atoms with Gasteiger partial charge in [-0.3, -0.25) is 4.79 Å². The molecule has 0 radical (unpaired) electrons. The van der Waals surface area contributed by atoms with Crippen LogP contribution in [0.15, 0.2) is 35.9 Å². The number of allylic oxidation sites excluding steroid dienone is 1. The molecule has 2 rings (SSSR count). The highest BCUT2D eigenvalue weighted by molar-refractivity contribution is 6.67. The standard InChI is InChI=1S/C16H16Cl4O/c1-15(2)8-11(9-16(18,19)20)12(14(15)21)13(17)10-6-4-3-5-7-10/h3-7,11H,8-9H2,1-2H3/b13-12+/t11-/m0/s1. The van der Waals surface area contributed by atoms with Gasteiger partial charge in [0.05, 0.1) is 5.03 Å².